The summed E-state index contributed by atoms with van der Waals surface area (Å²) >= 11 is 0. The van der Waals surface area contributed by atoms with Crippen molar-refractivity contribution in [3.8, 4) is 0 Å². The molecule has 3 rings (SSSR count). The van der Waals surface area contributed by atoms with Crippen molar-refractivity contribution >= 4 is 5.91 Å². The summed E-state index contributed by atoms with van der Waals surface area (Å²) in [4.78, 5) is 14.8. The summed E-state index contributed by atoms with van der Waals surface area (Å²) in [5.74, 6) is 0.416. The number of hydrogen-bond acceptors (Lipinski definition) is 2. The Kier molecular flexibility index (Phi) is 4.24. The van der Waals surface area contributed by atoms with Gasteiger partial charge in [-0.05, 0) is 75.4 Å². The summed E-state index contributed by atoms with van der Waals surface area (Å²) in [6.07, 6.45) is 4.49. The molecule has 0 bridgehead atoms. The van der Waals surface area contributed by atoms with Gasteiger partial charge in [-0.1, -0.05) is 0 Å². The van der Waals surface area contributed by atoms with E-state index >= 15 is 0 Å². The number of benzene rings is 1. The fraction of sp³-hybridized carbons (Fsp3) is 0.588. The lowest BCUT2D eigenvalue weighted by molar-refractivity contribution is 0.0701. The fourth-order valence-electron chi connectivity index (χ4n) is 3.07. The number of nitrogens with one attached hydrogen (secondary N) is 1. The number of carbonyl (C=O) groups is 1. The quantitative estimate of drug-likeness (QED) is 0.925. The third-order valence-electron chi connectivity index (χ3n) is 4.57. The molecule has 0 atom stereocenters. The van der Waals surface area contributed by atoms with E-state index in [9.17, 15) is 9.18 Å². The van der Waals surface area contributed by atoms with Crippen LogP contribution < -0.4 is 5.32 Å². The molecule has 1 amide bonds. The van der Waals surface area contributed by atoms with E-state index in [1.807, 2.05) is 4.90 Å². The second kappa shape index (κ2) is 6.14. The summed E-state index contributed by atoms with van der Waals surface area (Å²) in [6, 6.07) is 5.09. The molecule has 1 saturated carbocycles. The van der Waals surface area contributed by atoms with Gasteiger partial charge in [-0.2, -0.15) is 0 Å². The van der Waals surface area contributed by atoms with Crippen LogP contribution in [0.25, 0.3) is 0 Å². The molecule has 1 saturated heterocycles. The van der Waals surface area contributed by atoms with Crippen molar-refractivity contribution in [3.63, 3.8) is 0 Å². The molecule has 1 N–H and O–H groups in total. The predicted molar refractivity (Wildman–Crippen MR) is 80.8 cm³/mol. The Hall–Kier alpha value is -1.42. The second-order valence-electron chi connectivity index (χ2n) is 6.35. The highest BCUT2D eigenvalue weighted by Gasteiger charge is 2.34. The maximum atomic E-state index is 13.4. The molecule has 1 aromatic carbocycles. The topological polar surface area (TPSA) is 32.3 Å². The number of carbonyl (C=O) groups excluding carboxylic acids is 1. The molecular weight excluding hydrogens is 267 g/mol. The van der Waals surface area contributed by atoms with E-state index in [-0.39, 0.29) is 11.7 Å². The smallest absolute Gasteiger partial charge is 0.254 e. The number of rotatable bonds is 4. The lowest BCUT2D eigenvalue weighted by Gasteiger charge is -2.30. The van der Waals surface area contributed by atoms with Gasteiger partial charge in [-0.25, -0.2) is 4.39 Å². The summed E-state index contributed by atoms with van der Waals surface area (Å²) < 4.78 is 13.4. The van der Waals surface area contributed by atoms with Crippen LogP contribution in [0.3, 0.4) is 0 Å². The molecular formula is C17H23FN2O. The second-order valence-corrected chi connectivity index (χ2v) is 6.35. The molecule has 114 valence electrons. The molecule has 21 heavy (non-hydrogen) atoms. The first kappa shape index (κ1) is 14.5. The SMILES string of the molecule is Cc1cc(C(=O)N(CC2CCNCC2)C2CC2)ccc1F. The van der Waals surface area contributed by atoms with E-state index in [2.05, 4.69) is 5.32 Å². The van der Waals surface area contributed by atoms with Crippen LogP contribution in [0.1, 0.15) is 41.6 Å². The Labute approximate surface area is 125 Å². The summed E-state index contributed by atoms with van der Waals surface area (Å²) in [5.41, 5.74) is 1.16. The first-order valence-electron chi connectivity index (χ1n) is 7.93. The Bertz CT molecular complexity index is 522. The summed E-state index contributed by atoms with van der Waals surface area (Å²) in [5, 5.41) is 3.36. The van der Waals surface area contributed by atoms with Crippen molar-refractivity contribution in [2.24, 2.45) is 5.92 Å². The Balaban J connectivity index is 1.73. The van der Waals surface area contributed by atoms with Gasteiger partial charge < -0.3 is 10.2 Å². The van der Waals surface area contributed by atoms with Crippen molar-refractivity contribution in [3.05, 3.63) is 35.1 Å². The average Bonchev–Trinajstić information content (AvgIpc) is 3.33. The number of piperidine rings is 1. The van der Waals surface area contributed by atoms with E-state index in [1.54, 1.807) is 19.1 Å². The lowest BCUT2D eigenvalue weighted by atomic mass is 9.97. The lowest BCUT2D eigenvalue weighted by Crippen LogP contribution is -2.40. The zero-order chi connectivity index (χ0) is 14.8. The number of nitrogens with zero attached hydrogens (tertiary/aromatic N) is 1. The molecule has 4 heteroatoms. The molecule has 0 radical (unpaired) electrons. The molecule has 3 nitrogen and oxygen atoms in total. The maximum absolute atomic E-state index is 13.4. The molecule has 2 aliphatic rings. The van der Waals surface area contributed by atoms with Crippen molar-refractivity contribution in [1.29, 1.82) is 0 Å². The summed E-state index contributed by atoms with van der Waals surface area (Å²) in [7, 11) is 0. The molecule has 2 fully saturated rings. The largest absolute Gasteiger partial charge is 0.335 e. The Morgan fingerprint density at radius 2 is 2.00 bits per heavy atom. The zero-order valence-electron chi connectivity index (χ0n) is 12.6. The van der Waals surface area contributed by atoms with Gasteiger partial charge in [0.2, 0.25) is 0 Å². The molecule has 1 heterocycles. The van der Waals surface area contributed by atoms with E-state index in [0.717, 1.165) is 45.3 Å². The van der Waals surface area contributed by atoms with Gasteiger partial charge in [0, 0.05) is 18.2 Å². The van der Waals surface area contributed by atoms with Crippen LogP contribution >= 0.6 is 0 Å². The normalized spacial score (nSPS) is 19.5. The number of halogens is 1. The number of amides is 1. The van der Waals surface area contributed by atoms with E-state index in [1.165, 1.54) is 6.07 Å². The average molecular weight is 290 g/mol. The predicted octanol–water partition coefficient (Wildman–Crippen LogP) is 2.74. The Morgan fingerprint density at radius 3 is 2.62 bits per heavy atom. The van der Waals surface area contributed by atoms with E-state index in [4.69, 9.17) is 0 Å². The third-order valence-corrected chi connectivity index (χ3v) is 4.57. The first-order chi connectivity index (χ1) is 10.1. The van der Waals surface area contributed by atoms with Gasteiger partial charge in [-0.3, -0.25) is 4.79 Å². The molecule has 1 aromatic rings. The van der Waals surface area contributed by atoms with Crippen LogP contribution in [0.15, 0.2) is 18.2 Å². The monoisotopic (exact) mass is 290 g/mol. The van der Waals surface area contributed by atoms with E-state index in [0.29, 0.717) is 23.1 Å². The molecule has 0 spiro atoms. The van der Waals surface area contributed by atoms with Crippen LogP contribution in [0.5, 0.6) is 0 Å². The summed E-state index contributed by atoms with van der Waals surface area (Å²) in [6.45, 7) is 4.65. The van der Waals surface area contributed by atoms with Gasteiger partial charge in [0.05, 0.1) is 0 Å². The Morgan fingerprint density at radius 1 is 1.29 bits per heavy atom. The number of hydrogen-bond donors (Lipinski definition) is 1. The van der Waals surface area contributed by atoms with Gasteiger partial charge in [0.15, 0.2) is 0 Å². The van der Waals surface area contributed by atoms with Crippen LogP contribution in [-0.2, 0) is 0 Å². The van der Waals surface area contributed by atoms with Crippen LogP contribution in [0.2, 0.25) is 0 Å². The van der Waals surface area contributed by atoms with Gasteiger partial charge in [-0.15, -0.1) is 0 Å². The van der Waals surface area contributed by atoms with Crippen LogP contribution in [0, 0.1) is 18.7 Å². The molecule has 1 aliphatic heterocycles. The highest BCUT2D eigenvalue weighted by molar-refractivity contribution is 5.94. The number of aryl methyl sites for hydroxylation is 1. The van der Waals surface area contributed by atoms with Crippen molar-refractivity contribution in [2.75, 3.05) is 19.6 Å². The minimum atomic E-state index is -0.247. The first-order valence-corrected chi connectivity index (χ1v) is 7.93. The zero-order valence-corrected chi connectivity index (χ0v) is 12.6. The van der Waals surface area contributed by atoms with Crippen molar-refractivity contribution < 1.29 is 9.18 Å². The highest BCUT2D eigenvalue weighted by Crippen LogP contribution is 2.30. The van der Waals surface area contributed by atoms with E-state index < -0.39 is 0 Å². The van der Waals surface area contributed by atoms with Crippen molar-refractivity contribution in [2.45, 2.75) is 38.6 Å². The molecule has 1 aliphatic carbocycles. The minimum Gasteiger partial charge on any atom is -0.335 e. The van der Waals surface area contributed by atoms with Crippen molar-refractivity contribution in [1.82, 2.24) is 10.2 Å². The van der Waals surface area contributed by atoms with Gasteiger partial charge >= 0.3 is 0 Å². The van der Waals surface area contributed by atoms with Crippen LogP contribution in [0.4, 0.5) is 4.39 Å². The standard InChI is InChI=1S/C17H23FN2O/c1-12-10-14(2-5-16(12)18)17(21)20(15-3-4-15)11-13-6-8-19-9-7-13/h2,5,10,13,15,19H,3-4,6-9,11H2,1H3. The fourth-order valence-corrected chi connectivity index (χ4v) is 3.07. The third kappa shape index (κ3) is 3.43. The highest BCUT2D eigenvalue weighted by atomic mass is 19.1. The van der Waals surface area contributed by atoms with Crippen LogP contribution in [-0.4, -0.2) is 36.5 Å². The molecule has 0 aromatic heterocycles. The van der Waals surface area contributed by atoms with Gasteiger partial charge in [0.1, 0.15) is 5.82 Å². The molecule has 0 unspecified atom stereocenters. The maximum Gasteiger partial charge on any atom is 0.254 e. The minimum absolute atomic E-state index is 0.0686. The van der Waals surface area contributed by atoms with Gasteiger partial charge in [0.25, 0.3) is 5.91 Å².